The molecule has 4 heteroatoms. The summed E-state index contributed by atoms with van der Waals surface area (Å²) in [6, 6.07) is 0.639. The van der Waals surface area contributed by atoms with E-state index in [0.29, 0.717) is 12.6 Å². The maximum atomic E-state index is 11.3. The number of piperidine rings is 1. The molecule has 1 heterocycles. The zero-order valence-corrected chi connectivity index (χ0v) is 10.8. The van der Waals surface area contributed by atoms with Crippen molar-refractivity contribution < 1.29 is 4.79 Å². The van der Waals surface area contributed by atoms with E-state index < -0.39 is 11.4 Å². The van der Waals surface area contributed by atoms with Crippen LogP contribution in [0.2, 0.25) is 0 Å². The molecule has 2 fully saturated rings. The van der Waals surface area contributed by atoms with Gasteiger partial charge in [-0.15, -0.1) is 0 Å². The third kappa shape index (κ3) is 2.80. The molecule has 17 heavy (non-hydrogen) atoms. The largest absolute Gasteiger partial charge is 0.368 e. The van der Waals surface area contributed by atoms with Crippen LogP contribution in [-0.2, 0) is 4.79 Å². The molecule has 3 atom stereocenters. The smallest absolute Gasteiger partial charge is 0.238 e. The van der Waals surface area contributed by atoms with Gasteiger partial charge in [0.25, 0.3) is 0 Å². The van der Waals surface area contributed by atoms with E-state index in [-0.39, 0.29) is 0 Å². The van der Waals surface area contributed by atoms with E-state index in [0.717, 1.165) is 12.5 Å². The van der Waals surface area contributed by atoms with Gasteiger partial charge in [0.15, 0.2) is 0 Å². The number of hydrogen-bond donors (Lipinski definition) is 2. The van der Waals surface area contributed by atoms with Crippen LogP contribution in [0.15, 0.2) is 0 Å². The van der Waals surface area contributed by atoms with Crippen LogP contribution in [0.25, 0.3) is 0 Å². The second kappa shape index (κ2) is 4.94. The Kier molecular flexibility index (Phi) is 3.73. The Morgan fingerprint density at radius 2 is 1.94 bits per heavy atom. The van der Waals surface area contributed by atoms with Crippen LogP contribution in [0.3, 0.4) is 0 Å². The van der Waals surface area contributed by atoms with E-state index in [1.165, 1.54) is 38.5 Å². The molecule has 1 saturated carbocycles. The van der Waals surface area contributed by atoms with Gasteiger partial charge < -0.3 is 11.5 Å². The van der Waals surface area contributed by atoms with Crippen molar-refractivity contribution in [3.63, 3.8) is 0 Å². The van der Waals surface area contributed by atoms with Crippen LogP contribution in [0.5, 0.6) is 0 Å². The lowest BCUT2D eigenvalue weighted by molar-refractivity contribution is -0.123. The number of carbonyl (C=O) groups is 1. The molecule has 4 N–H and O–H groups in total. The second-order valence-corrected chi connectivity index (χ2v) is 6.01. The highest BCUT2D eigenvalue weighted by Gasteiger charge is 2.37. The Labute approximate surface area is 104 Å². The first-order valence-corrected chi connectivity index (χ1v) is 6.83. The first-order chi connectivity index (χ1) is 8.00. The Balaban J connectivity index is 2.01. The summed E-state index contributed by atoms with van der Waals surface area (Å²) < 4.78 is 0. The molecule has 2 aliphatic rings. The summed E-state index contributed by atoms with van der Waals surface area (Å²) in [5.41, 5.74) is 10.5. The van der Waals surface area contributed by atoms with Crippen LogP contribution in [0, 0.1) is 5.92 Å². The highest BCUT2D eigenvalue weighted by Crippen LogP contribution is 2.35. The summed E-state index contributed by atoms with van der Waals surface area (Å²) >= 11 is 0. The molecule has 0 aromatic heterocycles. The van der Waals surface area contributed by atoms with E-state index in [1.54, 1.807) is 6.92 Å². The van der Waals surface area contributed by atoms with E-state index in [2.05, 4.69) is 4.90 Å². The molecule has 1 unspecified atom stereocenters. The van der Waals surface area contributed by atoms with E-state index in [1.807, 2.05) is 0 Å². The molecular formula is C13H25N3O. The van der Waals surface area contributed by atoms with Gasteiger partial charge in [0.05, 0.1) is 0 Å². The van der Waals surface area contributed by atoms with Crippen molar-refractivity contribution in [1.82, 2.24) is 4.90 Å². The summed E-state index contributed by atoms with van der Waals surface area (Å²) in [5.74, 6) is 0.427. The van der Waals surface area contributed by atoms with Crippen LogP contribution < -0.4 is 11.5 Å². The van der Waals surface area contributed by atoms with Gasteiger partial charge in [-0.05, 0) is 45.1 Å². The van der Waals surface area contributed by atoms with Crippen molar-refractivity contribution in [3.8, 4) is 0 Å². The molecule has 0 aromatic carbocycles. The highest BCUT2D eigenvalue weighted by atomic mass is 16.1. The minimum absolute atomic E-state index is 0.393. The topological polar surface area (TPSA) is 72.3 Å². The minimum atomic E-state index is -0.890. The number of hydrogen-bond acceptors (Lipinski definition) is 3. The second-order valence-electron chi connectivity index (χ2n) is 6.01. The van der Waals surface area contributed by atoms with E-state index in [9.17, 15) is 4.79 Å². The molecule has 1 aliphatic heterocycles. The first-order valence-electron chi connectivity index (χ1n) is 6.83. The van der Waals surface area contributed by atoms with Crippen molar-refractivity contribution in [1.29, 1.82) is 0 Å². The number of rotatable bonds is 3. The van der Waals surface area contributed by atoms with Crippen molar-refractivity contribution >= 4 is 5.91 Å². The van der Waals surface area contributed by atoms with Gasteiger partial charge in [0, 0.05) is 12.6 Å². The van der Waals surface area contributed by atoms with Crippen LogP contribution in [-0.4, -0.2) is 35.5 Å². The van der Waals surface area contributed by atoms with Gasteiger partial charge in [0.1, 0.15) is 5.54 Å². The molecule has 0 spiro atoms. The molecule has 1 aliphatic carbocycles. The summed E-state index contributed by atoms with van der Waals surface area (Å²) in [6.07, 6.45) is 7.87. The molecule has 0 bridgehead atoms. The third-order valence-electron chi connectivity index (χ3n) is 4.45. The standard InChI is InChI=1S/C13H25N3O/c1-13(15,12(14)17)9-16-8-4-6-10-5-2-3-7-11(10)16/h10-11H,2-9,15H2,1H3,(H2,14,17)/t10-,11-,13?/m1/s1. The summed E-state index contributed by atoms with van der Waals surface area (Å²) in [5, 5.41) is 0. The van der Waals surface area contributed by atoms with Crippen LogP contribution in [0.4, 0.5) is 0 Å². The third-order valence-corrected chi connectivity index (χ3v) is 4.45. The van der Waals surface area contributed by atoms with Crippen molar-refractivity contribution in [2.24, 2.45) is 17.4 Å². The Hall–Kier alpha value is -0.610. The number of likely N-dealkylation sites (tertiary alicyclic amines) is 1. The van der Waals surface area contributed by atoms with Crippen LogP contribution >= 0.6 is 0 Å². The van der Waals surface area contributed by atoms with E-state index in [4.69, 9.17) is 11.5 Å². The number of nitrogens with zero attached hydrogens (tertiary/aromatic N) is 1. The zero-order chi connectivity index (χ0) is 12.5. The predicted octanol–water partition coefficient (Wildman–Crippen LogP) is 0.844. The van der Waals surface area contributed by atoms with Crippen molar-refractivity contribution in [3.05, 3.63) is 0 Å². The summed E-state index contributed by atoms with van der Waals surface area (Å²) in [4.78, 5) is 13.7. The van der Waals surface area contributed by atoms with Gasteiger partial charge in [-0.1, -0.05) is 12.8 Å². The van der Waals surface area contributed by atoms with Gasteiger partial charge in [-0.2, -0.15) is 0 Å². The average Bonchev–Trinajstić information content (AvgIpc) is 2.29. The first kappa shape index (κ1) is 12.8. The van der Waals surface area contributed by atoms with Gasteiger partial charge in [0.2, 0.25) is 5.91 Å². The number of carbonyl (C=O) groups excluding carboxylic acids is 1. The summed E-state index contributed by atoms with van der Waals surface area (Å²) in [7, 11) is 0. The summed E-state index contributed by atoms with van der Waals surface area (Å²) in [6.45, 7) is 3.44. The molecule has 0 radical (unpaired) electrons. The highest BCUT2D eigenvalue weighted by molar-refractivity contribution is 5.84. The molecule has 1 saturated heterocycles. The number of primary amides is 1. The Morgan fingerprint density at radius 1 is 1.29 bits per heavy atom. The molecule has 0 aromatic rings. The van der Waals surface area contributed by atoms with Crippen LogP contribution in [0.1, 0.15) is 45.4 Å². The fraction of sp³-hybridized carbons (Fsp3) is 0.923. The van der Waals surface area contributed by atoms with Gasteiger partial charge >= 0.3 is 0 Å². The maximum absolute atomic E-state index is 11.3. The van der Waals surface area contributed by atoms with Crippen molar-refractivity contribution in [2.45, 2.75) is 57.0 Å². The number of fused-ring (bicyclic) bond motifs is 1. The number of nitrogens with two attached hydrogens (primary N) is 2. The molecule has 1 amide bonds. The fourth-order valence-corrected chi connectivity index (χ4v) is 3.42. The quantitative estimate of drug-likeness (QED) is 0.766. The maximum Gasteiger partial charge on any atom is 0.238 e. The molecule has 98 valence electrons. The fourth-order valence-electron chi connectivity index (χ4n) is 3.42. The SMILES string of the molecule is CC(N)(CN1CCC[C@H]2CCCC[C@H]21)C(N)=O. The minimum Gasteiger partial charge on any atom is -0.368 e. The monoisotopic (exact) mass is 239 g/mol. The molecule has 4 nitrogen and oxygen atoms in total. The van der Waals surface area contributed by atoms with Gasteiger partial charge in [-0.25, -0.2) is 0 Å². The average molecular weight is 239 g/mol. The predicted molar refractivity (Wildman–Crippen MR) is 68.3 cm³/mol. The Morgan fingerprint density at radius 3 is 2.65 bits per heavy atom. The zero-order valence-electron chi connectivity index (χ0n) is 10.8. The van der Waals surface area contributed by atoms with Crippen molar-refractivity contribution in [2.75, 3.05) is 13.1 Å². The Bertz CT molecular complexity index is 288. The van der Waals surface area contributed by atoms with E-state index >= 15 is 0 Å². The lowest BCUT2D eigenvalue weighted by Crippen LogP contribution is -2.60. The lowest BCUT2D eigenvalue weighted by Gasteiger charge is -2.46. The number of amides is 1. The lowest BCUT2D eigenvalue weighted by atomic mass is 9.78. The van der Waals surface area contributed by atoms with Gasteiger partial charge in [-0.3, -0.25) is 9.69 Å². The normalized spacial score (nSPS) is 33.8. The molecular weight excluding hydrogens is 214 g/mol. The molecule has 2 rings (SSSR count).